The van der Waals surface area contributed by atoms with Crippen molar-refractivity contribution in [1.29, 1.82) is 0 Å². The number of urea groups is 1. The van der Waals surface area contributed by atoms with Crippen molar-refractivity contribution >= 4 is 30.0 Å². The van der Waals surface area contributed by atoms with E-state index in [1.165, 1.54) is 0 Å². The zero-order valence-electron chi connectivity index (χ0n) is 27.9. The van der Waals surface area contributed by atoms with Gasteiger partial charge in [0.2, 0.25) is 0 Å². The average molecular weight is 622 g/mol. The van der Waals surface area contributed by atoms with Gasteiger partial charge in [-0.25, -0.2) is 29.6 Å². The Morgan fingerprint density at radius 2 is 1.32 bits per heavy atom. The summed E-state index contributed by atoms with van der Waals surface area (Å²) in [4.78, 5) is 65.6. The first-order valence-electron chi connectivity index (χ1n) is 15.0. The summed E-state index contributed by atoms with van der Waals surface area (Å²) in [6.45, 7) is 17.0. The smallest absolute Gasteiger partial charge is 0.426 e. The standard InChI is InChI=1S/C32H51N3O9/c1-11-12-18-24(27(38)44-32(8,9)10)35(34-29(40)41-21-22-16-14-13-15-17-22)28(39)33-23(26(37)43-31(5,6)7)19-20-25(36)42-30(2,3)4/h13-17,23-24H,11-12,18-21H2,1-10H3,(H,33,39)(H,34,40). The first-order chi connectivity index (χ1) is 20.2. The molecule has 3 amide bonds. The number of carbonyl (C=O) groups is 5. The van der Waals surface area contributed by atoms with E-state index in [2.05, 4.69) is 10.7 Å². The van der Waals surface area contributed by atoms with Crippen LogP contribution in [0.15, 0.2) is 30.3 Å². The summed E-state index contributed by atoms with van der Waals surface area (Å²) in [6.07, 6.45) is -0.0247. The molecule has 0 aliphatic rings. The van der Waals surface area contributed by atoms with Crippen molar-refractivity contribution in [3.05, 3.63) is 35.9 Å². The van der Waals surface area contributed by atoms with Gasteiger partial charge in [0.05, 0.1) is 0 Å². The second-order valence-electron chi connectivity index (χ2n) is 13.4. The number of unbranched alkanes of at least 4 members (excludes halogenated alkanes) is 1. The molecule has 0 fully saturated rings. The lowest BCUT2D eigenvalue weighted by Gasteiger charge is -2.33. The summed E-state index contributed by atoms with van der Waals surface area (Å²) >= 11 is 0. The maximum absolute atomic E-state index is 13.8. The van der Waals surface area contributed by atoms with Crippen LogP contribution in [0.3, 0.4) is 0 Å². The molecule has 0 bridgehead atoms. The Morgan fingerprint density at radius 1 is 0.773 bits per heavy atom. The lowest BCUT2D eigenvalue weighted by Crippen LogP contribution is -2.61. The van der Waals surface area contributed by atoms with Crippen LogP contribution in [-0.4, -0.2) is 63.9 Å². The van der Waals surface area contributed by atoms with Gasteiger partial charge < -0.3 is 24.3 Å². The monoisotopic (exact) mass is 621 g/mol. The molecule has 248 valence electrons. The van der Waals surface area contributed by atoms with Gasteiger partial charge in [0.25, 0.3) is 0 Å². The number of amides is 3. The van der Waals surface area contributed by atoms with Gasteiger partial charge in [-0.2, -0.15) is 0 Å². The number of hydrogen-bond acceptors (Lipinski definition) is 9. The molecule has 2 unspecified atom stereocenters. The van der Waals surface area contributed by atoms with Gasteiger partial charge in [-0.1, -0.05) is 50.1 Å². The summed E-state index contributed by atoms with van der Waals surface area (Å²) in [6, 6.07) is 5.35. The highest BCUT2D eigenvalue weighted by Gasteiger charge is 2.37. The van der Waals surface area contributed by atoms with Crippen molar-refractivity contribution in [2.45, 2.75) is 137 Å². The molecule has 1 aromatic rings. The van der Waals surface area contributed by atoms with Crippen LogP contribution in [0.25, 0.3) is 0 Å². The molecule has 0 saturated carbocycles. The minimum atomic E-state index is -1.32. The van der Waals surface area contributed by atoms with Crippen molar-refractivity contribution in [2.24, 2.45) is 0 Å². The fourth-order valence-corrected chi connectivity index (χ4v) is 3.74. The number of hydrazine groups is 1. The van der Waals surface area contributed by atoms with Crippen molar-refractivity contribution in [2.75, 3.05) is 0 Å². The topological polar surface area (TPSA) is 150 Å². The van der Waals surface area contributed by atoms with E-state index in [-0.39, 0.29) is 25.9 Å². The van der Waals surface area contributed by atoms with E-state index in [0.29, 0.717) is 18.4 Å². The minimum Gasteiger partial charge on any atom is -0.460 e. The maximum Gasteiger partial charge on any atom is 0.426 e. The van der Waals surface area contributed by atoms with Crippen LogP contribution in [-0.2, 0) is 39.9 Å². The molecule has 44 heavy (non-hydrogen) atoms. The molecule has 0 spiro atoms. The van der Waals surface area contributed by atoms with Crippen molar-refractivity contribution in [3.63, 3.8) is 0 Å². The minimum absolute atomic E-state index is 0.0926. The van der Waals surface area contributed by atoms with Gasteiger partial charge in [0.15, 0.2) is 6.04 Å². The van der Waals surface area contributed by atoms with E-state index in [9.17, 15) is 24.0 Å². The second-order valence-corrected chi connectivity index (χ2v) is 13.4. The largest absolute Gasteiger partial charge is 0.460 e. The molecule has 1 rings (SSSR count). The van der Waals surface area contributed by atoms with Crippen LogP contribution in [0.2, 0.25) is 0 Å². The van der Waals surface area contributed by atoms with Crippen LogP contribution in [0.5, 0.6) is 0 Å². The Kier molecular flexibility index (Phi) is 14.6. The van der Waals surface area contributed by atoms with Crippen LogP contribution in [0, 0.1) is 0 Å². The molecule has 0 aliphatic heterocycles. The fraction of sp³-hybridized carbons (Fsp3) is 0.656. The third-order valence-electron chi connectivity index (χ3n) is 5.51. The lowest BCUT2D eigenvalue weighted by atomic mass is 10.1. The number of rotatable bonds is 12. The summed E-state index contributed by atoms with van der Waals surface area (Å²) in [5.41, 5.74) is 0.546. The van der Waals surface area contributed by atoms with Crippen molar-refractivity contribution in [3.8, 4) is 0 Å². The highest BCUT2D eigenvalue weighted by molar-refractivity contribution is 5.88. The third-order valence-corrected chi connectivity index (χ3v) is 5.51. The van der Waals surface area contributed by atoms with Gasteiger partial charge in [-0.3, -0.25) is 4.79 Å². The third kappa shape index (κ3) is 16.1. The SMILES string of the molecule is CCCCC(C(=O)OC(C)(C)C)N(NC(=O)OCc1ccccc1)C(=O)NC(CCC(=O)OC(C)(C)C)C(=O)OC(C)(C)C. The molecule has 0 radical (unpaired) electrons. The van der Waals surface area contributed by atoms with E-state index in [1.807, 2.05) is 13.0 Å². The molecule has 2 atom stereocenters. The number of nitrogens with zero attached hydrogens (tertiary/aromatic N) is 1. The molecule has 12 heteroatoms. The zero-order chi connectivity index (χ0) is 33.7. The molecule has 2 N–H and O–H groups in total. The first kappa shape index (κ1) is 38.2. The van der Waals surface area contributed by atoms with Gasteiger partial charge >= 0.3 is 30.0 Å². The average Bonchev–Trinajstić information content (AvgIpc) is 2.86. The summed E-state index contributed by atoms with van der Waals surface area (Å²) in [5, 5.41) is 3.32. The number of benzene rings is 1. The number of nitrogens with one attached hydrogen (secondary N) is 2. The van der Waals surface area contributed by atoms with Crippen molar-refractivity contribution < 1.29 is 42.9 Å². The van der Waals surface area contributed by atoms with Crippen LogP contribution < -0.4 is 10.7 Å². The molecule has 12 nitrogen and oxygen atoms in total. The Hall–Kier alpha value is -3.83. The second kappa shape index (κ2) is 16.9. The van der Waals surface area contributed by atoms with Gasteiger partial charge in [0.1, 0.15) is 29.5 Å². The highest BCUT2D eigenvalue weighted by Crippen LogP contribution is 2.18. The Balaban J connectivity index is 3.35. The van der Waals surface area contributed by atoms with Crippen LogP contribution in [0.1, 0.15) is 107 Å². The van der Waals surface area contributed by atoms with Gasteiger partial charge in [0, 0.05) is 6.42 Å². The highest BCUT2D eigenvalue weighted by atomic mass is 16.6. The summed E-state index contributed by atoms with van der Waals surface area (Å²) in [7, 11) is 0. The van der Waals surface area contributed by atoms with Gasteiger partial charge in [-0.15, -0.1) is 0 Å². The number of carbonyl (C=O) groups excluding carboxylic acids is 5. The summed E-state index contributed by atoms with van der Waals surface area (Å²) < 4.78 is 21.7. The van der Waals surface area contributed by atoms with E-state index in [0.717, 1.165) is 5.01 Å². The molecular formula is C32H51N3O9. The first-order valence-corrected chi connectivity index (χ1v) is 15.0. The van der Waals surface area contributed by atoms with Crippen LogP contribution in [0.4, 0.5) is 9.59 Å². The van der Waals surface area contributed by atoms with Gasteiger partial charge in [-0.05, 0) is 80.7 Å². The molecule has 0 aromatic heterocycles. The predicted octanol–water partition coefficient (Wildman–Crippen LogP) is 5.57. The zero-order valence-corrected chi connectivity index (χ0v) is 27.9. The maximum atomic E-state index is 13.8. The number of esters is 3. The molecule has 0 aliphatic carbocycles. The Morgan fingerprint density at radius 3 is 1.84 bits per heavy atom. The fourth-order valence-electron chi connectivity index (χ4n) is 3.74. The number of hydrogen-bond donors (Lipinski definition) is 2. The molecule has 0 saturated heterocycles. The lowest BCUT2D eigenvalue weighted by molar-refractivity contribution is -0.161. The summed E-state index contributed by atoms with van der Waals surface area (Å²) in [5.74, 6) is -2.13. The van der Waals surface area contributed by atoms with E-state index < -0.39 is 58.9 Å². The van der Waals surface area contributed by atoms with E-state index >= 15 is 0 Å². The molecule has 1 aromatic carbocycles. The Labute approximate surface area is 261 Å². The quantitative estimate of drug-likeness (QED) is 0.173. The van der Waals surface area contributed by atoms with E-state index in [4.69, 9.17) is 18.9 Å². The predicted molar refractivity (Wildman–Crippen MR) is 164 cm³/mol. The van der Waals surface area contributed by atoms with E-state index in [1.54, 1.807) is 86.6 Å². The van der Waals surface area contributed by atoms with Crippen LogP contribution >= 0.6 is 0 Å². The Bertz CT molecular complexity index is 1100. The molecule has 0 heterocycles. The molecular weight excluding hydrogens is 570 g/mol. The normalized spacial score (nSPS) is 13.1. The van der Waals surface area contributed by atoms with Crippen molar-refractivity contribution in [1.82, 2.24) is 15.8 Å². The number of ether oxygens (including phenoxy) is 4.